The number of aromatic carboxylic acids is 1. The molecule has 1 aromatic carbocycles. The van der Waals surface area contributed by atoms with E-state index in [2.05, 4.69) is 20.8 Å². The lowest BCUT2D eigenvalue weighted by molar-refractivity contribution is 0.0703. The summed E-state index contributed by atoms with van der Waals surface area (Å²) in [6.45, 7) is 6.27. The van der Waals surface area contributed by atoms with Crippen LogP contribution in [0, 0.1) is 11.3 Å². The first-order valence-corrected chi connectivity index (χ1v) is 9.28. The molecule has 2 rings (SSSR count). The fourth-order valence-corrected chi connectivity index (χ4v) is 4.28. The molecule has 0 radical (unpaired) electrons. The third-order valence-electron chi connectivity index (χ3n) is 3.48. The van der Waals surface area contributed by atoms with Crippen molar-refractivity contribution in [3.8, 4) is 17.2 Å². The third kappa shape index (κ3) is 3.42. The number of thiophene rings is 1. The number of benzene rings is 1. The largest absolute Gasteiger partial charge is 0.611 e. The van der Waals surface area contributed by atoms with Gasteiger partial charge in [-0.3, -0.25) is 0 Å². The summed E-state index contributed by atoms with van der Waals surface area (Å²) in [5, 5.41) is 18.8. The predicted octanol–water partition coefficient (Wildman–Crippen LogP) is 4.02. The molecule has 0 bridgehead atoms. The van der Waals surface area contributed by atoms with E-state index in [-0.39, 0.29) is 15.9 Å². The molecule has 0 aliphatic carbocycles. The number of carboxylic acid groups (broad SMARTS) is 1. The molecule has 1 atom stereocenters. The van der Waals surface area contributed by atoms with Gasteiger partial charge in [0, 0.05) is 5.56 Å². The molecule has 120 valence electrons. The minimum Gasteiger partial charge on any atom is -0.611 e. The molecule has 1 aromatic heterocycles. The molecular weight excluding hydrogens is 330 g/mol. The summed E-state index contributed by atoms with van der Waals surface area (Å²) in [6.07, 6.45) is 1.45. The molecule has 1 N–H and O–H groups in total. The van der Waals surface area contributed by atoms with Gasteiger partial charge >= 0.3 is 5.97 Å². The summed E-state index contributed by atoms with van der Waals surface area (Å²) in [5.41, 5.74) is 2.30. The smallest absolute Gasteiger partial charge is 0.346 e. The van der Waals surface area contributed by atoms with E-state index >= 15 is 0 Å². The Morgan fingerprint density at radius 2 is 1.87 bits per heavy atom. The molecule has 0 saturated heterocycles. The maximum Gasteiger partial charge on any atom is 0.346 e. The van der Waals surface area contributed by atoms with Crippen LogP contribution in [0.15, 0.2) is 28.5 Å². The van der Waals surface area contributed by atoms with Gasteiger partial charge in [-0.1, -0.05) is 56.4 Å². The molecule has 23 heavy (non-hydrogen) atoms. The van der Waals surface area contributed by atoms with Gasteiger partial charge in [0.05, 0.1) is 0 Å². The Morgan fingerprint density at radius 1 is 1.30 bits per heavy atom. The molecule has 0 amide bonds. The topological polar surface area (TPSA) is 84.2 Å². The molecule has 0 aliphatic rings. The quantitative estimate of drug-likeness (QED) is 0.850. The second kappa shape index (κ2) is 6.36. The number of rotatable bonds is 3. The van der Waals surface area contributed by atoms with Crippen molar-refractivity contribution in [3.63, 3.8) is 0 Å². The Hall–Kier alpha value is -1.81. The Labute approximate surface area is 142 Å². The van der Waals surface area contributed by atoms with E-state index in [1.54, 1.807) is 0 Å². The number of carbonyl (C=O) groups is 1. The van der Waals surface area contributed by atoms with Crippen LogP contribution < -0.4 is 0 Å². The maximum atomic E-state index is 11.8. The van der Waals surface area contributed by atoms with Crippen LogP contribution in [0.1, 0.15) is 41.6 Å². The van der Waals surface area contributed by atoms with Crippen molar-refractivity contribution >= 4 is 28.5 Å². The molecule has 1 heterocycles. The Kier molecular flexibility index (Phi) is 4.85. The highest BCUT2D eigenvalue weighted by molar-refractivity contribution is 7.92. The van der Waals surface area contributed by atoms with Crippen molar-refractivity contribution in [2.75, 3.05) is 6.26 Å². The zero-order valence-corrected chi connectivity index (χ0v) is 15.0. The normalized spacial score (nSPS) is 12.7. The summed E-state index contributed by atoms with van der Waals surface area (Å²) in [7, 11) is 0. The summed E-state index contributed by atoms with van der Waals surface area (Å²) < 4.78 is 12.1. The highest BCUT2D eigenvalue weighted by atomic mass is 32.2. The van der Waals surface area contributed by atoms with Crippen LogP contribution in [-0.2, 0) is 16.6 Å². The first-order valence-electron chi connectivity index (χ1n) is 6.91. The van der Waals surface area contributed by atoms with Crippen molar-refractivity contribution in [1.29, 1.82) is 5.26 Å². The standard InChI is InChI=1S/C17H17NO3S2/c1-17(2,3)11-7-5-10(6-8-11)13-12(9-18)16(23(4)21)22-14(13)15(19)20/h5-8H,1-4H3,(H,19,20). The monoisotopic (exact) mass is 347 g/mol. The van der Waals surface area contributed by atoms with Gasteiger partial charge in [0.25, 0.3) is 0 Å². The lowest BCUT2D eigenvalue weighted by Crippen LogP contribution is -2.10. The average Bonchev–Trinajstić information content (AvgIpc) is 2.86. The van der Waals surface area contributed by atoms with E-state index in [9.17, 15) is 19.7 Å². The van der Waals surface area contributed by atoms with Crippen LogP contribution in [0.2, 0.25) is 0 Å². The molecular formula is C17H17NO3S2. The van der Waals surface area contributed by atoms with Gasteiger partial charge in [-0.05, 0) is 27.7 Å². The van der Waals surface area contributed by atoms with Crippen LogP contribution in [0.3, 0.4) is 0 Å². The average molecular weight is 347 g/mol. The van der Waals surface area contributed by atoms with Gasteiger partial charge in [0.15, 0.2) is 0 Å². The zero-order chi connectivity index (χ0) is 17.4. The third-order valence-corrected chi connectivity index (χ3v) is 6.14. The fraction of sp³-hybridized carbons (Fsp3) is 0.294. The van der Waals surface area contributed by atoms with E-state index in [1.165, 1.54) is 6.26 Å². The Morgan fingerprint density at radius 3 is 2.26 bits per heavy atom. The van der Waals surface area contributed by atoms with Crippen molar-refractivity contribution in [2.45, 2.75) is 30.4 Å². The summed E-state index contributed by atoms with van der Waals surface area (Å²) in [5.74, 6) is -1.11. The molecule has 1 unspecified atom stereocenters. The highest BCUT2D eigenvalue weighted by Crippen LogP contribution is 2.39. The van der Waals surface area contributed by atoms with Gasteiger partial charge in [0.2, 0.25) is 4.21 Å². The van der Waals surface area contributed by atoms with Crippen molar-refractivity contribution in [1.82, 2.24) is 0 Å². The lowest BCUT2D eigenvalue weighted by Gasteiger charge is -2.19. The van der Waals surface area contributed by atoms with Gasteiger partial charge in [-0.15, -0.1) is 0 Å². The molecule has 2 aromatic rings. The number of carboxylic acids is 1. The summed E-state index contributed by atoms with van der Waals surface area (Å²) >= 11 is -0.497. The molecule has 6 heteroatoms. The molecule has 0 fully saturated rings. The lowest BCUT2D eigenvalue weighted by atomic mass is 9.86. The predicted molar refractivity (Wildman–Crippen MR) is 92.5 cm³/mol. The Bertz CT molecular complexity index is 778. The Balaban J connectivity index is 2.67. The van der Waals surface area contributed by atoms with Gasteiger partial charge in [-0.2, -0.15) is 5.26 Å². The van der Waals surface area contributed by atoms with E-state index in [0.29, 0.717) is 15.3 Å². The minimum atomic E-state index is -1.41. The fourth-order valence-electron chi connectivity index (χ4n) is 2.28. The van der Waals surface area contributed by atoms with E-state index in [4.69, 9.17) is 0 Å². The van der Waals surface area contributed by atoms with Gasteiger partial charge in [0.1, 0.15) is 22.8 Å². The first-order chi connectivity index (χ1) is 10.7. The van der Waals surface area contributed by atoms with Crippen LogP contribution in [0.25, 0.3) is 11.1 Å². The van der Waals surface area contributed by atoms with Gasteiger partial charge in [-0.25, -0.2) is 4.79 Å². The second-order valence-electron chi connectivity index (χ2n) is 6.17. The zero-order valence-electron chi connectivity index (χ0n) is 13.3. The number of nitriles is 1. The van der Waals surface area contributed by atoms with E-state index in [1.807, 2.05) is 30.3 Å². The molecule has 4 nitrogen and oxygen atoms in total. The van der Waals surface area contributed by atoms with Crippen molar-refractivity contribution in [2.24, 2.45) is 0 Å². The van der Waals surface area contributed by atoms with Crippen molar-refractivity contribution < 1.29 is 14.5 Å². The number of hydrogen-bond donors (Lipinski definition) is 1. The molecule has 0 saturated carbocycles. The van der Waals surface area contributed by atoms with Crippen LogP contribution in [-0.4, -0.2) is 21.9 Å². The van der Waals surface area contributed by atoms with Crippen LogP contribution >= 0.6 is 11.3 Å². The molecule has 0 aliphatic heterocycles. The number of hydrogen-bond acceptors (Lipinski definition) is 4. The minimum absolute atomic E-state index is 0.0169. The second-order valence-corrected chi connectivity index (χ2v) is 8.76. The summed E-state index contributed by atoms with van der Waals surface area (Å²) in [6, 6.07) is 9.52. The van der Waals surface area contributed by atoms with Crippen LogP contribution in [0.5, 0.6) is 0 Å². The van der Waals surface area contributed by atoms with Crippen LogP contribution in [0.4, 0.5) is 0 Å². The highest BCUT2D eigenvalue weighted by Gasteiger charge is 2.28. The van der Waals surface area contributed by atoms with Gasteiger partial charge < -0.3 is 9.66 Å². The van der Waals surface area contributed by atoms with E-state index < -0.39 is 17.1 Å². The first kappa shape index (κ1) is 17.5. The number of nitrogens with zero attached hydrogens (tertiary/aromatic N) is 1. The summed E-state index contributed by atoms with van der Waals surface area (Å²) in [4.78, 5) is 11.6. The van der Waals surface area contributed by atoms with Crippen molar-refractivity contribution in [3.05, 3.63) is 40.3 Å². The van der Waals surface area contributed by atoms with E-state index in [0.717, 1.165) is 16.9 Å². The maximum absolute atomic E-state index is 11.8. The SMILES string of the molecule is C[S+]([O-])c1sc(C(=O)O)c(-c2ccc(C(C)(C)C)cc2)c1C#N. The molecule has 0 spiro atoms.